The average molecular weight is 279 g/mol. The Labute approximate surface area is 94.4 Å². The normalized spacial score (nSPS) is 10.1. The molecule has 5 heteroatoms. The molecule has 0 aliphatic heterocycles. The van der Waals surface area contributed by atoms with Crippen molar-refractivity contribution in [3.63, 3.8) is 0 Å². The van der Waals surface area contributed by atoms with Crippen molar-refractivity contribution in [1.82, 2.24) is 0 Å². The Hall–Kier alpha value is -0.970. The van der Waals surface area contributed by atoms with Gasteiger partial charge in [-0.2, -0.15) is 0 Å². The Kier molecular flexibility index (Phi) is 4.20. The van der Waals surface area contributed by atoms with Crippen LogP contribution in [-0.2, 0) is 10.1 Å². The molecule has 15 heavy (non-hydrogen) atoms. The van der Waals surface area contributed by atoms with Gasteiger partial charge in [0, 0.05) is 11.4 Å². The lowest BCUT2D eigenvalue weighted by molar-refractivity contribution is 0.0520. The molecule has 0 fully saturated rings. The van der Waals surface area contributed by atoms with Crippen molar-refractivity contribution >= 4 is 21.9 Å². The smallest absolute Gasteiger partial charge is 0.341 e. The molecule has 1 aromatic carbocycles. The molecule has 0 saturated carbocycles. The molecule has 0 heterocycles. The van der Waals surface area contributed by atoms with Crippen molar-refractivity contribution in [3.05, 3.63) is 34.9 Å². The van der Waals surface area contributed by atoms with E-state index < -0.39 is 17.6 Å². The van der Waals surface area contributed by atoms with Crippen LogP contribution in [-0.4, -0.2) is 12.6 Å². The molecular weight excluding hydrogens is 270 g/mol. The largest absolute Gasteiger partial charge is 0.462 e. The van der Waals surface area contributed by atoms with E-state index in [1.54, 1.807) is 6.92 Å². The minimum Gasteiger partial charge on any atom is -0.462 e. The molecule has 1 rings (SSSR count). The summed E-state index contributed by atoms with van der Waals surface area (Å²) < 4.78 is 30.8. The Morgan fingerprint density at radius 3 is 2.67 bits per heavy atom. The number of hydrogen-bond donors (Lipinski definition) is 0. The van der Waals surface area contributed by atoms with Gasteiger partial charge in [0.1, 0.15) is 11.6 Å². The van der Waals surface area contributed by atoms with Gasteiger partial charge in [0.2, 0.25) is 0 Å². The van der Waals surface area contributed by atoms with E-state index in [0.29, 0.717) is 6.07 Å². The second-order valence-electron chi connectivity index (χ2n) is 2.78. The zero-order valence-electron chi connectivity index (χ0n) is 8.02. The number of halogens is 3. The van der Waals surface area contributed by atoms with Crippen molar-refractivity contribution in [2.75, 3.05) is 6.61 Å². The van der Waals surface area contributed by atoms with E-state index >= 15 is 0 Å². The molecule has 0 unspecified atom stereocenters. The lowest BCUT2D eigenvalue weighted by Gasteiger charge is -2.07. The summed E-state index contributed by atoms with van der Waals surface area (Å²) in [6, 6.07) is 1.77. The van der Waals surface area contributed by atoms with E-state index in [-0.39, 0.29) is 23.1 Å². The first-order valence-electron chi connectivity index (χ1n) is 4.31. The fourth-order valence-electron chi connectivity index (χ4n) is 1.16. The Morgan fingerprint density at radius 1 is 1.47 bits per heavy atom. The number of benzene rings is 1. The maximum atomic E-state index is 13.3. The molecule has 0 saturated heterocycles. The maximum Gasteiger partial charge on any atom is 0.341 e. The number of ether oxygens (including phenoxy) is 1. The van der Waals surface area contributed by atoms with E-state index in [1.165, 1.54) is 0 Å². The Balaban J connectivity index is 3.20. The van der Waals surface area contributed by atoms with Crippen LogP contribution in [0.15, 0.2) is 12.1 Å². The highest BCUT2D eigenvalue weighted by Gasteiger charge is 2.18. The van der Waals surface area contributed by atoms with Gasteiger partial charge in [-0.3, -0.25) is 0 Å². The van der Waals surface area contributed by atoms with Gasteiger partial charge < -0.3 is 4.74 Å². The molecule has 0 atom stereocenters. The first-order valence-corrected chi connectivity index (χ1v) is 5.43. The summed E-state index contributed by atoms with van der Waals surface area (Å²) in [4.78, 5) is 11.4. The fraction of sp³-hybridized carbons (Fsp3) is 0.300. The molecule has 0 radical (unpaired) electrons. The highest BCUT2D eigenvalue weighted by atomic mass is 79.9. The molecule has 2 nitrogen and oxygen atoms in total. The summed E-state index contributed by atoms with van der Waals surface area (Å²) in [5, 5.41) is 0.190. The van der Waals surface area contributed by atoms with E-state index in [2.05, 4.69) is 20.7 Å². The van der Waals surface area contributed by atoms with Crippen LogP contribution in [0.25, 0.3) is 0 Å². The van der Waals surface area contributed by atoms with Gasteiger partial charge in [0.25, 0.3) is 0 Å². The summed E-state index contributed by atoms with van der Waals surface area (Å²) >= 11 is 3.05. The predicted molar refractivity (Wildman–Crippen MR) is 54.9 cm³/mol. The molecule has 0 aromatic heterocycles. The summed E-state index contributed by atoms with van der Waals surface area (Å²) in [5.41, 5.74) is 0.0288. The minimum absolute atomic E-state index is 0.150. The van der Waals surface area contributed by atoms with Crippen LogP contribution in [0.5, 0.6) is 0 Å². The van der Waals surface area contributed by atoms with Crippen LogP contribution in [0.1, 0.15) is 22.8 Å². The van der Waals surface area contributed by atoms with E-state index in [4.69, 9.17) is 0 Å². The molecule has 0 bridgehead atoms. The number of alkyl halides is 1. The highest BCUT2D eigenvalue weighted by Crippen LogP contribution is 2.19. The molecule has 0 N–H and O–H groups in total. The van der Waals surface area contributed by atoms with Crippen molar-refractivity contribution in [2.24, 2.45) is 0 Å². The molecule has 0 spiro atoms. The first-order chi connectivity index (χ1) is 7.10. The number of esters is 1. The average Bonchev–Trinajstić information content (AvgIpc) is 2.16. The zero-order valence-corrected chi connectivity index (χ0v) is 9.61. The summed E-state index contributed by atoms with van der Waals surface area (Å²) in [6.07, 6.45) is 0. The molecular formula is C10H9BrF2O2. The number of carbonyl (C=O) groups is 1. The zero-order chi connectivity index (χ0) is 11.4. The van der Waals surface area contributed by atoms with Crippen LogP contribution in [0, 0.1) is 11.6 Å². The Morgan fingerprint density at radius 2 is 2.13 bits per heavy atom. The van der Waals surface area contributed by atoms with Gasteiger partial charge in [0.05, 0.1) is 12.2 Å². The lowest BCUT2D eigenvalue weighted by Crippen LogP contribution is -2.10. The van der Waals surface area contributed by atoms with Crippen LogP contribution >= 0.6 is 15.9 Å². The molecule has 0 aliphatic carbocycles. The summed E-state index contributed by atoms with van der Waals surface area (Å²) in [5.74, 6) is -2.39. The van der Waals surface area contributed by atoms with E-state index in [1.807, 2.05) is 0 Å². The number of carbonyl (C=O) groups excluding carboxylic acids is 1. The van der Waals surface area contributed by atoms with Gasteiger partial charge in [-0.1, -0.05) is 15.9 Å². The van der Waals surface area contributed by atoms with Crippen molar-refractivity contribution in [2.45, 2.75) is 12.3 Å². The lowest BCUT2D eigenvalue weighted by atomic mass is 10.1. The van der Waals surface area contributed by atoms with Crippen LogP contribution in [0.4, 0.5) is 8.78 Å². The maximum absolute atomic E-state index is 13.3. The fourth-order valence-corrected chi connectivity index (χ4v) is 1.61. The Bertz CT molecular complexity index is 380. The molecule has 0 aliphatic rings. The first kappa shape index (κ1) is 12.1. The topological polar surface area (TPSA) is 26.3 Å². The van der Waals surface area contributed by atoms with Gasteiger partial charge >= 0.3 is 5.97 Å². The second kappa shape index (κ2) is 5.21. The van der Waals surface area contributed by atoms with E-state index in [9.17, 15) is 13.6 Å². The van der Waals surface area contributed by atoms with Crippen molar-refractivity contribution in [1.29, 1.82) is 0 Å². The molecule has 0 amide bonds. The monoisotopic (exact) mass is 278 g/mol. The van der Waals surface area contributed by atoms with Gasteiger partial charge in [0.15, 0.2) is 0 Å². The minimum atomic E-state index is -0.900. The third kappa shape index (κ3) is 2.75. The van der Waals surface area contributed by atoms with Crippen molar-refractivity contribution < 1.29 is 18.3 Å². The van der Waals surface area contributed by atoms with Gasteiger partial charge in [-0.25, -0.2) is 13.6 Å². The summed E-state index contributed by atoms with van der Waals surface area (Å²) in [6.45, 7) is 1.77. The highest BCUT2D eigenvalue weighted by molar-refractivity contribution is 9.08. The molecule has 1 aromatic rings. The number of hydrogen-bond acceptors (Lipinski definition) is 2. The van der Waals surface area contributed by atoms with Crippen LogP contribution < -0.4 is 0 Å². The SMILES string of the molecule is CCOC(=O)c1c(F)cc(F)cc1CBr. The number of rotatable bonds is 3. The van der Waals surface area contributed by atoms with Gasteiger partial charge in [-0.15, -0.1) is 0 Å². The van der Waals surface area contributed by atoms with Crippen molar-refractivity contribution in [3.8, 4) is 0 Å². The third-order valence-corrected chi connectivity index (χ3v) is 2.36. The molecule has 82 valence electrons. The van der Waals surface area contributed by atoms with E-state index in [0.717, 1.165) is 6.07 Å². The quantitative estimate of drug-likeness (QED) is 0.628. The van der Waals surface area contributed by atoms with Crippen LogP contribution in [0.3, 0.4) is 0 Å². The third-order valence-electron chi connectivity index (χ3n) is 1.76. The van der Waals surface area contributed by atoms with Crippen LogP contribution in [0.2, 0.25) is 0 Å². The van der Waals surface area contributed by atoms with Gasteiger partial charge in [-0.05, 0) is 18.6 Å². The standard InChI is InChI=1S/C10H9BrF2O2/c1-2-15-10(14)9-6(5-11)3-7(12)4-8(9)13/h3-4H,2,5H2,1H3. The predicted octanol–water partition coefficient (Wildman–Crippen LogP) is 3.04. The second-order valence-corrected chi connectivity index (χ2v) is 3.34. The summed E-state index contributed by atoms with van der Waals surface area (Å²) in [7, 11) is 0.